The van der Waals surface area contributed by atoms with Crippen molar-refractivity contribution in [3.8, 4) is 5.75 Å². The van der Waals surface area contributed by atoms with Crippen LogP contribution in [0.5, 0.6) is 5.75 Å². The summed E-state index contributed by atoms with van der Waals surface area (Å²) in [6, 6.07) is 15.2. The molecule has 0 saturated heterocycles. The Morgan fingerprint density at radius 3 is 2.43 bits per heavy atom. The second-order valence-corrected chi connectivity index (χ2v) is 7.22. The number of aromatic nitrogens is 2. The zero-order valence-corrected chi connectivity index (χ0v) is 17.2. The van der Waals surface area contributed by atoms with Crippen molar-refractivity contribution < 1.29 is 9.53 Å². The minimum atomic E-state index is -0.259. The highest BCUT2D eigenvalue weighted by Gasteiger charge is 2.14. The van der Waals surface area contributed by atoms with Crippen LogP contribution in [0.2, 0.25) is 10.0 Å². The van der Waals surface area contributed by atoms with Gasteiger partial charge in [-0.15, -0.1) is 0 Å². The average Bonchev–Trinajstić information content (AvgIpc) is 2.93. The standard InChI is InChI=1S/C21H21Cl2N3O2/c1-14-17(15(2)26(25-14)12-16-7-4-3-5-8-16)11-24-20(27)13-28-21-18(22)9-6-10-19(21)23/h3-10H,11-13H2,1-2H3,(H,24,27). The first-order valence-electron chi connectivity index (χ1n) is 8.86. The lowest BCUT2D eigenvalue weighted by Gasteiger charge is -2.10. The molecule has 0 saturated carbocycles. The molecule has 2 aromatic carbocycles. The molecule has 0 aliphatic rings. The second kappa shape index (κ2) is 9.13. The van der Waals surface area contributed by atoms with Crippen molar-refractivity contribution in [1.29, 1.82) is 0 Å². The maximum absolute atomic E-state index is 12.2. The number of amides is 1. The predicted octanol–water partition coefficient (Wildman–Crippen LogP) is 4.55. The maximum Gasteiger partial charge on any atom is 0.258 e. The van der Waals surface area contributed by atoms with Crippen molar-refractivity contribution in [2.24, 2.45) is 0 Å². The molecule has 28 heavy (non-hydrogen) atoms. The van der Waals surface area contributed by atoms with Gasteiger partial charge in [0.1, 0.15) is 0 Å². The highest BCUT2D eigenvalue weighted by molar-refractivity contribution is 6.37. The molecular weight excluding hydrogens is 397 g/mol. The van der Waals surface area contributed by atoms with E-state index in [1.807, 2.05) is 36.7 Å². The number of rotatable bonds is 7. The van der Waals surface area contributed by atoms with Crippen LogP contribution in [0.25, 0.3) is 0 Å². The van der Waals surface area contributed by atoms with Gasteiger partial charge in [-0.1, -0.05) is 59.6 Å². The summed E-state index contributed by atoms with van der Waals surface area (Å²) in [5.74, 6) is 0.0506. The maximum atomic E-state index is 12.2. The van der Waals surface area contributed by atoms with Crippen LogP contribution in [-0.2, 0) is 17.9 Å². The van der Waals surface area contributed by atoms with Gasteiger partial charge in [-0.05, 0) is 31.5 Å². The molecule has 146 valence electrons. The minimum Gasteiger partial charge on any atom is -0.481 e. The average molecular weight is 418 g/mol. The van der Waals surface area contributed by atoms with Crippen LogP contribution < -0.4 is 10.1 Å². The van der Waals surface area contributed by atoms with Gasteiger partial charge in [-0.25, -0.2) is 0 Å². The SMILES string of the molecule is Cc1nn(Cc2ccccc2)c(C)c1CNC(=O)COc1c(Cl)cccc1Cl. The number of halogens is 2. The lowest BCUT2D eigenvalue weighted by Crippen LogP contribution is -2.28. The van der Waals surface area contributed by atoms with Gasteiger partial charge < -0.3 is 10.1 Å². The number of hydrogen-bond acceptors (Lipinski definition) is 3. The molecule has 0 aliphatic heterocycles. The molecule has 0 unspecified atom stereocenters. The molecule has 1 amide bonds. The van der Waals surface area contributed by atoms with Crippen LogP contribution in [0.4, 0.5) is 0 Å². The number of para-hydroxylation sites is 1. The third-order valence-corrected chi connectivity index (χ3v) is 5.03. The third-order valence-electron chi connectivity index (χ3n) is 4.44. The van der Waals surface area contributed by atoms with Crippen LogP contribution in [0, 0.1) is 13.8 Å². The van der Waals surface area contributed by atoms with Gasteiger partial charge in [0.2, 0.25) is 0 Å². The summed E-state index contributed by atoms with van der Waals surface area (Å²) in [5.41, 5.74) is 4.09. The number of carbonyl (C=O) groups excluding carboxylic acids is 1. The number of carbonyl (C=O) groups is 1. The van der Waals surface area contributed by atoms with E-state index >= 15 is 0 Å². The van der Waals surface area contributed by atoms with E-state index in [2.05, 4.69) is 22.5 Å². The summed E-state index contributed by atoms with van der Waals surface area (Å²) in [4.78, 5) is 12.2. The molecule has 3 aromatic rings. The summed E-state index contributed by atoms with van der Waals surface area (Å²) < 4.78 is 7.42. The van der Waals surface area contributed by atoms with Crippen molar-refractivity contribution in [3.63, 3.8) is 0 Å². The topological polar surface area (TPSA) is 56.2 Å². The van der Waals surface area contributed by atoms with Gasteiger partial charge in [-0.2, -0.15) is 5.10 Å². The van der Waals surface area contributed by atoms with E-state index in [4.69, 9.17) is 27.9 Å². The molecule has 0 spiro atoms. The molecule has 0 fully saturated rings. The van der Waals surface area contributed by atoms with Gasteiger partial charge in [-0.3, -0.25) is 9.48 Å². The van der Waals surface area contributed by atoms with E-state index in [1.54, 1.807) is 18.2 Å². The van der Waals surface area contributed by atoms with Gasteiger partial charge in [0.15, 0.2) is 12.4 Å². The lowest BCUT2D eigenvalue weighted by molar-refractivity contribution is -0.123. The molecule has 0 aliphatic carbocycles. The van der Waals surface area contributed by atoms with Crippen LogP contribution in [0.1, 0.15) is 22.5 Å². The number of ether oxygens (including phenoxy) is 1. The van der Waals surface area contributed by atoms with E-state index in [-0.39, 0.29) is 12.5 Å². The van der Waals surface area contributed by atoms with Crippen LogP contribution in [-0.4, -0.2) is 22.3 Å². The Bertz CT molecular complexity index is 951. The number of benzene rings is 2. The third kappa shape index (κ3) is 4.86. The monoisotopic (exact) mass is 417 g/mol. The Morgan fingerprint density at radius 1 is 1.07 bits per heavy atom. The number of nitrogens with zero attached hydrogens (tertiary/aromatic N) is 2. The minimum absolute atomic E-state index is 0.167. The zero-order valence-electron chi connectivity index (χ0n) is 15.7. The molecule has 0 bridgehead atoms. The largest absolute Gasteiger partial charge is 0.481 e. The quantitative estimate of drug-likeness (QED) is 0.613. The van der Waals surface area contributed by atoms with E-state index in [0.29, 0.717) is 28.9 Å². The fraction of sp³-hybridized carbons (Fsp3) is 0.238. The van der Waals surface area contributed by atoms with Gasteiger partial charge in [0, 0.05) is 17.8 Å². The van der Waals surface area contributed by atoms with Crippen LogP contribution in [0.15, 0.2) is 48.5 Å². The Hall–Kier alpha value is -2.50. The van der Waals surface area contributed by atoms with Gasteiger partial charge in [0.25, 0.3) is 5.91 Å². The zero-order chi connectivity index (χ0) is 20.1. The Kier molecular flexibility index (Phi) is 6.60. The van der Waals surface area contributed by atoms with Crippen molar-refractivity contribution in [2.75, 3.05) is 6.61 Å². The van der Waals surface area contributed by atoms with Crippen molar-refractivity contribution in [2.45, 2.75) is 26.9 Å². The van der Waals surface area contributed by atoms with Crippen LogP contribution >= 0.6 is 23.2 Å². The number of aryl methyl sites for hydroxylation is 1. The lowest BCUT2D eigenvalue weighted by atomic mass is 10.2. The molecule has 1 aromatic heterocycles. The van der Waals surface area contributed by atoms with Crippen LogP contribution in [0.3, 0.4) is 0 Å². The Labute approximate surface area is 174 Å². The smallest absolute Gasteiger partial charge is 0.258 e. The van der Waals surface area contributed by atoms with Gasteiger partial charge >= 0.3 is 0 Å². The summed E-state index contributed by atoms with van der Waals surface area (Å²) in [5, 5.41) is 8.20. The Morgan fingerprint density at radius 2 is 1.75 bits per heavy atom. The van der Waals surface area contributed by atoms with E-state index in [0.717, 1.165) is 17.0 Å². The van der Waals surface area contributed by atoms with E-state index in [9.17, 15) is 4.79 Å². The van der Waals surface area contributed by atoms with Gasteiger partial charge in [0.05, 0.1) is 22.3 Å². The summed E-state index contributed by atoms with van der Waals surface area (Å²) >= 11 is 12.1. The molecule has 7 heteroatoms. The second-order valence-electron chi connectivity index (χ2n) is 6.41. The first-order chi connectivity index (χ1) is 13.5. The highest BCUT2D eigenvalue weighted by atomic mass is 35.5. The number of hydrogen-bond donors (Lipinski definition) is 1. The predicted molar refractivity (Wildman–Crippen MR) is 111 cm³/mol. The van der Waals surface area contributed by atoms with Crippen molar-refractivity contribution >= 4 is 29.1 Å². The fourth-order valence-electron chi connectivity index (χ4n) is 2.90. The molecule has 0 radical (unpaired) electrons. The molecule has 0 atom stereocenters. The normalized spacial score (nSPS) is 10.7. The molecule has 1 N–H and O–H groups in total. The van der Waals surface area contributed by atoms with E-state index < -0.39 is 0 Å². The van der Waals surface area contributed by atoms with Crippen molar-refractivity contribution in [3.05, 3.63) is 81.1 Å². The Balaban J connectivity index is 1.59. The first-order valence-corrected chi connectivity index (χ1v) is 9.61. The summed E-state index contributed by atoms with van der Waals surface area (Å²) in [6.45, 7) is 4.85. The molecule has 3 rings (SSSR count). The fourth-order valence-corrected chi connectivity index (χ4v) is 3.40. The summed E-state index contributed by atoms with van der Waals surface area (Å²) in [6.07, 6.45) is 0. The highest BCUT2D eigenvalue weighted by Crippen LogP contribution is 2.32. The number of nitrogens with one attached hydrogen (secondary N) is 1. The molecule has 5 nitrogen and oxygen atoms in total. The summed E-state index contributed by atoms with van der Waals surface area (Å²) in [7, 11) is 0. The molecule has 1 heterocycles. The molecular formula is C21H21Cl2N3O2. The van der Waals surface area contributed by atoms with E-state index in [1.165, 1.54) is 5.56 Å². The first kappa shape index (κ1) is 20.2. The van der Waals surface area contributed by atoms with Crippen molar-refractivity contribution in [1.82, 2.24) is 15.1 Å².